The zero-order chi connectivity index (χ0) is 15.4. The molecule has 0 spiro atoms. The van der Waals surface area contributed by atoms with E-state index in [0.29, 0.717) is 0 Å². The maximum atomic E-state index is 11.3. The van der Waals surface area contributed by atoms with E-state index in [1.807, 2.05) is 0 Å². The number of nitrogens with two attached hydrogens (primary N) is 1. The smallest absolute Gasteiger partial charge is 0.231 e. The zero-order valence-electron chi connectivity index (χ0n) is 12.4. The van der Waals surface area contributed by atoms with Crippen molar-refractivity contribution in [1.82, 2.24) is 4.90 Å². The van der Waals surface area contributed by atoms with Gasteiger partial charge >= 0.3 is 0 Å². The molecule has 4 nitrogen and oxygen atoms in total. The standard InChI is InChI=1S/C16H20N2O2S2/c17-16(19)10-18(8-13-3-1-5-20-13)9-14-7-12(11-22-14)15-4-2-6-21-15/h2,4,6-7,11,13H,1,3,5,8-10H2,(H2,17,19). The molecule has 0 aliphatic carbocycles. The summed E-state index contributed by atoms with van der Waals surface area (Å²) in [5.41, 5.74) is 6.64. The molecule has 0 radical (unpaired) electrons. The molecule has 2 N–H and O–H groups in total. The van der Waals surface area contributed by atoms with Crippen molar-refractivity contribution in [3.63, 3.8) is 0 Å². The Hall–Kier alpha value is -1.21. The van der Waals surface area contributed by atoms with Gasteiger partial charge in [0, 0.05) is 35.0 Å². The monoisotopic (exact) mass is 336 g/mol. The fourth-order valence-corrected chi connectivity index (χ4v) is 4.45. The Balaban J connectivity index is 1.65. The van der Waals surface area contributed by atoms with Crippen LogP contribution < -0.4 is 5.73 Å². The summed E-state index contributed by atoms with van der Waals surface area (Å²) in [4.78, 5) is 15.9. The SMILES string of the molecule is NC(=O)CN(Cc1cc(-c2cccs2)cs1)CC1CCCO1. The number of rotatable bonds is 7. The number of nitrogens with zero attached hydrogens (tertiary/aromatic N) is 1. The summed E-state index contributed by atoms with van der Waals surface area (Å²) >= 11 is 3.48. The number of primary amides is 1. The van der Waals surface area contributed by atoms with Gasteiger partial charge < -0.3 is 10.5 Å². The maximum absolute atomic E-state index is 11.3. The van der Waals surface area contributed by atoms with E-state index in [-0.39, 0.29) is 18.6 Å². The molecule has 1 aliphatic rings. The number of hydrogen-bond donors (Lipinski definition) is 1. The van der Waals surface area contributed by atoms with Crippen LogP contribution in [0.15, 0.2) is 29.0 Å². The predicted octanol–water partition coefficient (Wildman–Crippen LogP) is 2.94. The van der Waals surface area contributed by atoms with Crippen molar-refractivity contribution in [2.45, 2.75) is 25.5 Å². The van der Waals surface area contributed by atoms with Crippen molar-refractivity contribution >= 4 is 28.6 Å². The Morgan fingerprint density at radius 3 is 3.05 bits per heavy atom. The molecule has 3 rings (SSSR count). The van der Waals surface area contributed by atoms with Crippen LogP contribution in [0.25, 0.3) is 10.4 Å². The normalized spacial score (nSPS) is 18.1. The topological polar surface area (TPSA) is 55.6 Å². The minimum atomic E-state index is -0.284. The van der Waals surface area contributed by atoms with Gasteiger partial charge in [-0.05, 0) is 35.7 Å². The number of carbonyl (C=O) groups excluding carboxylic acids is 1. The molecule has 0 saturated carbocycles. The van der Waals surface area contributed by atoms with Gasteiger partial charge in [-0.1, -0.05) is 6.07 Å². The first-order chi connectivity index (χ1) is 10.7. The fourth-order valence-electron chi connectivity index (χ4n) is 2.74. The first-order valence-electron chi connectivity index (χ1n) is 7.44. The molecule has 118 valence electrons. The highest BCUT2D eigenvalue weighted by Crippen LogP contribution is 2.30. The van der Waals surface area contributed by atoms with Gasteiger partial charge in [-0.2, -0.15) is 0 Å². The van der Waals surface area contributed by atoms with Crippen molar-refractivity contribution in [3.8, 4) is 10.4 Å². The van der Waals surface area contributed by atoms with Crippen LogP contribution in [0, 0.1) is 0 Å². The molecule has 1 unspecified atom stereocenters. The summed E-state index contributed by atoms with van der Waals surface area (Å²) < 4.78 is 5.68. The summed E-state index contributed by atoms with van der Waals surface area (Å²) in [5, 5.41) is 4.26. The third kappa shape index (κ3) is 4.16. The highest BCUT2D eigenvalue weighted by Gasteiger charge is 2.21. The quantitative estimate of drug-likeness (QED) is 0.846. The van der Waals surface area contributed by atoms with E-state index in [4.69, 9.17) is 10.5 Å². The van der Waals surface area contributed by atoms with Crippen LogP contribution in [0.4, 0.5) is 0 Å². The summed E-state index contributed by atoms with van der Waals surface area (Å²) in [6.07, 6.45) is 2.41. The largest absolute Gasteiger partial charge is 0.377 e. The second-order valence-corrected chi connectivity index (χ2v) is 7.49. The second kappa shape index (κ2) is 7.37. The van der Waals surface area contributed by atoms with Crippen molar-refractivity contribution < 1.29 is 9.53 Å². The van der Waals surface area contributed by atoms with E-state index in [0.717, 1.165) is 32.5 Å². The maximum Gasteiger partial charge on any atom is 0.231 e. The van der Waals surface area contributed by atoms with Crippen LogP contribution in [0.5, 0.6) is 0 Å². The Labute approximate surface area is 138 Å². The van der Waals surface area contributed by atoms with Crippen LogP contribution in [-0.2, 0) is 16.1 Å². The molecule has 22 heavy (non-hydrogen) atoms. The number of ether oxygens (including phenoxy) is 1. The summed E-state index contributed by atoms with van der Waals surface area (Å²) in [5.74, 6) is -0.284. The highest BCUT2D eigenvalue weighted by atomic mass is 32.1. The molecular formula is C16H20N2O2S2. The minimum Gasteiger partial charge on any atom is -0.377 e. The summed E-state index contributed by atoms with van der Waals surface area (Å²) in [6.45, 7) is 2.64. The summed E-state index contributed by atoms with van der Waals surface area (Å²) in [6, 6.07) is 6.40. The van der Waals surface area contributed by atoms with Gasteiger partial charge in [0.2, 0.25) is 5.91 Å². The molecular weight excluding hydrogens is 316 g/mol. The van der Waals surface area contributed by atoms with Crippen molar-refractivity contribution in [1.29, 1.82) is 0 Å². The summed E-state index contributed by atoms with van der Waals surface area (Å²) in [7, 11) is 0. The van der Waals surface area contributed by atoms with E-state index in [2.05, 4.69) is 33.9 Å². The Morgan fingerprint density at radius 2 is 2.36 bits per heavy atom. The fraction of sp³-hybridized carbons (Fsp3) is 0.438. The second-order valence-electron chi connectivity index (χ2n) is 5.55. The predicted molar refractivity (Wildman–Crippen MR) is 91.1 cm³/mol. The van der Waals surface area contributed by atoms with Crippen LogP contribution in [0.1, 0.15) is 17.7 Å². The van der Waals surface area contributed by atoms with Gasteiger partial charge in [0.1, 0.15) is 0 Å². The van der Waals surface area contributed by atoms with Crippen molar-refractivity contribution in [2.24, 2.45) is 5.73 Å². The van der Waals surface area contributed by atoms with Gasteiger partial charge in [0.25, 0.3) is 0 Å². The molecule has 1 amide bonds. The highest BCUT2D eigenvalue weighted by molar-refractivity contribution is 7.14. The Kier molecular flexibility index (Phi) is 5.25. The molecule has 1 atom stereocenters. The minimum absolute atomic E-state index is 0.232. The molecule has 0 aromatic carbocycles. The third-order valence-corrected chi connectivity index (χ3v) is 5.54. The lowest BCUT2D eigenvalue weighted by Crippen LogP contribution is -2.38. The molecule has 1 aliphatic heterocycles. The average molecular weight is 336 g/mol. The first kappa shape index (κ1) is 15.7. The lowest BCUT2D eigenvalue weighted by molar-refractivity contribution is -0.119. The molecule has 0 bridgehead atoms. The van der Waals surface area contributed by atoms with Gasteiger partial charge in [0.15, 0.2) is 0 Å². The van der Waals surface area contributed by atoms with Crippen molar-refractivity contribution in [2.75, 3.05) is 19.7 Å². The number of carbonyl (C=O) groups is 1. The lowest BCUT2D eigenvalue weighted by atomic mass is 10.2. The number of amides is 1. The molecule has 3 heterocycles. The number of hydrogen-bond acceptors (Lipinski definition) is 5. The number of thiophene rings is 2. The molecule has 2 aromatic rings. The van der Waals surface area contributed by atoms with Crippen LogP contribution in [-0.4, -0.2) is 36.6 Å². The van der Waals surface area contributed by atoms with Gasteiger partial charge in [-0.3, -0.25) is 9.69 Å². The van der Waals surface area contributed by atoms with E-state index < -0.39 is 0 Å². The molecule has 1 fully saturated rings. The lowest BCUT2D eigenvalue weighted by Gasteiger charge is -2.23. The zero-order valence-corrected chi connectivity index (χ0v) is 14.0. The van der Waals surface area contributed by atoms with E-state index in [1.165, 1.54) is 15.3 Å². The van der Waals surface area contributed by atoms with E-state index >= 15 is 0 Å². The first-order valence-corrected chi connectivity index (χ1v) is 9.20. The van der Waals surface area contributed by atoms with Gasteiger partial charge in [-0.25, -0.2) is 0 Å². The van der Waals surface area contributed by atoms with Gasteiger partial charge in [-0.15, -0.1) is 22.7 Å². The molecule has 1 saturated heterocycles. The van der Waals surface area contributed by atoms with E-state index in [1.54, 1.807) is 22.7 Å². The molecule has 2 aromatic heterocycles. The average Bonchev–Trinajstić information content (AvgIpc) is 3.20. The third-order valence-electron chi connectivity index (χ3n) is 3.70. The van der Waals surface area contributed by atoms with Crippen LogP contribution >= 0.6 is 22.7 Å². The van der Waals surface area contributed by atoms with Crippen LogP contribution in [0.3, 0.4) is 0 Å². The Morgan fingerprint density at radius 1 is 1.45 bits per heavy atom. The van der Waals surface area contributed by atoms with Gasteiger partial charge in [0.05, 0.1) is 12.6 Å². The van der Waals surface area contributed by atoms with Crippen molar-refractivity contribution in [3.05, 3.63) is 33.8 Å². The molecule has 6 heteroatoms. The van der Waals surface area contributed by atoms with Crippen LogP contribution in [0.2, 0.25) is 0 Å². The Bertz CT molecular complexity index is 603. The van der Waals surface area contributed by atoms with E-state index in [9.17, 15) is 4.79 Å².